The van der Waals surface area contributed by atoms with Gasteiger partial charge in [-0.1, -0.05) is 0 Å². The van der Waals surface area contributed by atoms with Gasteiger partial charge in [0.15, 0.2) is 0 Å². The molecule has 0 aliphatic heterocycles. The lowest BCUT2D eigenvalue weighted by atomic mass is 10.0. The minimum Gasteiger partial charge on any atom is -0.396 e. The van der Waals surface area contributed by atoms with Crippen molar-refractivity contribution in [2.24, 2.45) is 0 Å². The minimum absolute atomic E-state index is 0.00509. The van der Waals surface area contributed by atoms with Crippen LogP contribution >= 0.6 is 0 Å². The summed E-state index contributed by atoms with van der Waals surface area (Å²) in [5.41, 5.74) is -0.573. The highest BCUT2D eigenvalue weighted by Gasteiger charge is 2.20. The number of aromatic nitrogens is 1. The van der Waals surface area contributed by atoms with Gasteiger partial charge in [-0.15, -0.1) is 0 Å². The van der Waals surface area contributed by atoms with Crippen LogP contribution in [0.2, 0.25) is 0 Å². The Bertz CT molecular complexity index is 494. The van der Waals surface area contributed by atoms with Gasteiger partial charge in [0.25, 0.3) is 5.69 Å². The first-order chi connectivity index (χ1) is 8.39. The molecule has 7 heteroatoms. The van der Waals surface area contributed by atoms with Gasteiger partial charge in [-0.3, -0.25) is 10.1 Å². The first-order valence-electron chi connectivity index (χ1n) is 5.33. The Balaban J connectivity index is 3.04. The SMILES string of the molecule is CC(C)(CCO)Nc1ncc([N+](=O)[O-])cc1C#N. The Morgan fingerprint density at radius 2 is 2.33 bits per heavy atom. The summed E-state index contributed by atoms with van der Waals surface area (Å²) in [4.78, 5) is 13.9. The Labute approximate surface area is 104 Å². The van der Waals surface area contributed by atoms with Crippen molar-refractivity contribution in [2.75, 3.05) is 11.9 Å². The molecule has 0 aliphatic rings. The van der Waals surface area contributed by atoms with Crippen LogP contribution in [0.25, 0.3) is 0 Å². The number of aliphatic hydroxyl groups excluding tert-OH is 1. The average Bonchev–Trinajstić information content (AvgIpc) is 2.28. The molecule has 0 fully saturated rings. The van der Waals surface area contributed by atoms with E-state index in [1.807, 2.05) is 19.9 Å². The van der Waals surface area contributed by atoms with E-state index in [0.717, 1.165) is 6.20 Å². The van der Waals surface area contributed by atoms with Crippen molar-refractivity contribution < 1.29 is 10.0 Å². The van der Waals surface area contributed by atoms with Crippen molar-refractivity contribution in [3.63, 3.8) is 0 Å². The van der Waals surface area contributed by atoms with Crippen LogP contribution in [-0.2, 0) is 0 Å². The first kappa shape index (κ1) is 13.9. The molecule has 0 bridgehead atoms. The van der Waals surface area contributed by atoms with Gasteiger partial charge in [0.1, 0.15) is 23.6 Å². The summed E-state index contributed by atoms with van der Waals surface area (Å²) in [7, 11) is 0. The summed E-state index contributed by atoms with van der Waals surface area (Å²) in [5.74, 6) is 0.279. The van der Waals surface area contributed by atoms with Gasteiger partial charge < -0.3 is 10.4 Å². The first-order valence-corrected chi connectivity index (χ1v) is 5.33. The minimum atomic E-state index is -0.601. The van der Waals surface area contributed by atoms with E-state index >= 15 is 0 Å². The third kappa shape index (κ3) is 3.40. The predicted molar refractivity (Wildman–Crippen MR) is 65.0 cm³/mol. The lowest BCUT2D eigenvalue weighted by Gasteiger charge is -2.26. The Morgan fingerprint density at radius 3 is 2.83 bits per heavy atom. The maximum atomic E-state index is 10.6. The molecule has 2 N–H and O–H groups in total. The van der Waals surface area contributed by atoms with E-state index in [9.17, 15) is 10.1 Å². The van der Waals surface area contributed by atoms with E-state index in [1.54, 1.807) is 0 Å². The quantitative estimate of drug-likeness (QED) is 0.604. The van der Waals surface area contributed by atoms with Crippen molar-refractivity contribution in [2.45, 2.75) is 25.8 Å². The van der Waals surface area contributed by atoms with Crippen LogP contribution in [0.15, 0.2) is 12.3 Å². The lowest BCUT2D eigenvalue weighted by molar-refractivity contribution is -0.385. The molecular weight excluding hydrogens is 236 g/mol. The van der Waals surface area contributed by atoms with Gasteiger partial charge in [0.2, 0.25) is 0 Å². The smallest absolute Gasteiger partial charge is 0.289 e. The highest BCUT2D eigenvalue weighted by molar-refractivity contribution is 5.56. The number of nitro groups is 1. The monoisotopic (exact) mass is 250 g/mol. The summed E-state index contributed by atoms with van der Waals surface area (Å²) >= 11 is 0. The number of anilines is 1. The van der Waals surface area contributed by atoms with Crippen LogP contribution in [0.4, 0.5) is 11.5 Å². The highest BCUT2D eigenvalue weighted by Crippen LogP contribution is 2.22. The molecule has 0 unspecified atom stereocenters. The summed E-state index contributed by atoms with van der Waals surface area (Å²) in [6, 6.07) is 3.03. The number of pyridine rings is 1. The van der Waals surface area contributed by atoms with Crippen LogP contribution in [-0.4, -0.2) is 27.2 Å². The standard InChI is InChI=1S/C11H14N4O3/c1-11(2,3-4-16)14-10-8(6-12)5-9(7-13-10)15(17)18/h5,7,16H,3-4H2,1-2H3,(H,13,14). The summed E-state index contributed by atoms with van der Waals surface area (Å²) in [6.45, 7) is 3.68. The number of nitrogens with zero attached hydrogens (tertiary/aromatic N) is 3. The molecule has 0 aliphatic carbocycles. The zero-order valence-electron chi connectivity index (χ0n) is 10.2. The second-order valence-corrected chi connectivity index (χ2v) is 4.44. The second kappa shape index (κ2) is 5.42. The summed E-state index contributed by atoms with van der Waals surface area (Å²) in [5, 5.41) is 31.4. The molecular formula is C11H14N4O3. The zero-order chi connectivity index (χ0) is 13.8. The zero-order valence-corrected chi connectivity index (χ0v) is 10.2. The molecule has 1 heterocycles. The highest BCUT2D eigenvalue weighted by atomic mass is 16.6. The normalized spacial score (nSPS) is 10.8. The lowest BCUT2D eigenvalue weighted by Crippen LogP contribution is -2.32. The largest absolute Gasteiger partial charge is 0.396 e. The predicted octanol–water partition coefficient (Wildman–Crippen LogP) is 1.43. The Kier molecular flexibility index (Phi) is 4.18. The number of nitrogens with one attached hydrogen (secondary N) is 1. The molecule has 0 radical (unpaired) electrons. The van der Waals surface area contributed by atoms with Crippen molar-refractivity contribution in [3.8, 4) is 6.07 Å². The molecule has 1 rings (SSSR count). The van der Waals surface area contributed by atoms with Gasteiger partial charge in [0.05, 0.1) is 4.92 Å². The summed E-state index contributed by atoms with van der Waals surface area (Å²) in [6.07, 6.45) is 1.56. The molecule has 1 aromatic rings. The number of hydrogen-bond acceptors (Lipinski definition) is 6. The van der Waals surface area contributed by atoms with Gasteiger partial charge in [-0.2, -0.15) is 5.26 Å². The van der Waals surface area contributed by atoms with E-state index < -0.39 is 10.5 Å². The molecule has 0 spiro atoms. The molecule has 1 aromatic heterocycles. The Morgan fingerprint density at radius 1 is 1.67 bits per heavy atom. The maximum Gasteiger partial charge on any atom is 0.289 e. The average molecular weight is 250 g/mol. The van der Waals surface area contributed by atoms with Gasteiger partial charge >= 0.3 is 0 Å². The molecule has 0 aromatic carbocycles. The van der Waals surface area contributed by atoms with Crippen LogP contribution in [0.5, 0.6) is 0 Å². The third-order valence-electron chi connectivity index (χ3n) is 2.40. The van der Waals surface area contributed by atoms with Gasteiger partial charge in [0, 0.05) is 18.2 Å². The van der Waals surface area contributed by atoms with Crippen LogP contribution in [0.3, 0.4) is 0 Å². The van der Waals surface area contributed by atoms with E-state index in [0.29, 0.717) is 6.42 Å². The molecule has 18 heavy (non-hydrogen) atoms. The number of hydrogen-bond donors (Lipinski definition) is 2. The van der Waals surface area contributed by atoms with E-state index in [2.05, 4.69) is 10.3 Å². The van der Waals surface area contributed by atoms with Crippen molar-refractivity contribution in [1.29, 1.82) is 5.26 Å². The molecule has 0 amide bonds. The summed E-state index contributed by atoms with van der Waals surface area (Å²) < 4.78 is 0. The number of aliphatic hydroxyl groups is 1. The van der Waals surface area contributed by atoms with E-state index in [4.69, 9.17) is 10.4 Å². The van der Waals surface area contributed by atoms with Crippen molar-refractivity contribution in [3.05, 3.63) is 27.9 Å². The van der Waals surface area contributed by atoms with Gasteiger partial charge in [-0.05, 0) is 20.3 Å². The fourth-order valence-corrected chi connectivity index (χ4v) is 1.40. The fourth-order valence-electron chi connectivity index (χ4n) is 1.40. The van der Waals surface area contributed by atoms with E-state index in [1.165, 1.54) is 6.07 Å². The van der Waals surface area contributed by atoms with Crippen LogP contribution in [0, 0.1) is 21.4 Å². The van der Waals surface area contributed by atoms with Crippen molar-refractivity contribution in [1.82, 2.24) is 4.98 Å². The second-order valence-electron chi connectivity index (χ2n) is 4.44. The number of rotatable bonds is 5. The van der Waals surface area contributed by atoms with Crippen LogP contribution in [0.1, 0.15) is 25.8 Å². The fraction of sp³-hybridized carbons (Fsp3) is 0.455. The molecule has 0 saturated heterocycles. The molecule has 96 valence electrons. The molecule has 0 saturated carbocycles. The van der Waals surface area contributed by atoms with Gasteiger partial charge in [-0.25, -0.2) is 4.98 Å². The van der Waals surface area contributed by atoms with Crippen LogP contribution < -0.4 is 5.32 Å². The molecule has 0 atom stereocenters. The Hall–Kier alpha value is -2.20. The maximum absolute atomic E-state index is 10.6. The third-order valence-corrected chi connectivity index (χ3v) is 2.40. The van der Waals surface area contributed by atoms with Crippen molar-refractivity contribution >= 4 is 11.5 Å². The topological polar surface area (TPSA) is 112 Å². The molecule has 7 nitrogen and oxygen atoms in total. The number of nitriles is 1. The van der Waals surface area contributed by atoms with E-state index in [-0.39, 0.29) is 23.7 Å².